The predicted octanol–water partition coefficient (Wildman–Crippen LogP) is 3.47. The Kier molecular flexibility index (Phi) is 4.33. The summed E-state index contributed by atoms with van der Waals surface area (Å²) < 4.78 is 40.3. The van der Waals surface area contributed by atoms with Gasteiger partial charge in [0.05, 0.1) is 12.5 Å². The lowest BCUT2D eigenvalue weighted by Gasteiger charge is -2.25. The number of H-pyrrole nitrogens is 1. The molecule has 1 atom stereocenters. The van der Waals surface area contributed by atoms with E-state index in [0.717, 1.165) is 10.9 Å². The Labute approximate surface area is 156 Å². The standard InChI is InChI=1S/C17H15ClF3N5O/c18-11-1-2-12-9(5-11)6-13(23-12)16(27)22-8-15-25-24-14-7-10(17(19,20)21)3-4-26(14)15/h1-2,5-6,10,23H,3-4,7-8H2,(H,22,27)/t10-/m1/s1. The second-order valence-corrected chi connectivity index (χ2v) is 6.95. The Morgan fingerprint density at radius 3 is 2.93 bits per heavy atom. The number of nitrogens with zero attached hydrogens (tertiary/aromatic N) is 3. The van der Waals surface area contributed by atoms with Crippen molar-refractivity contribution in [2.45, 2.75) is 32.1 Å². The monoisotopic (exact) mass is 397 g/mol. The summed E-state index contributed by atoms with van der Waals surface area (Å²) in [6.45, 7) is 0.265. The molecule has 0 bridgehead atoms. The largest absolute Gasteiger partial charge is 0.392 e. The molecule has 1 aliphatic heterocycles. The van der Waals surface area contributed by atoms with Crippen molar-refractivity contribution in [2.75, 3.05) is 0 Å². The van der Waals surface area contributed by atoms with E-state index in [1.165, 1.54) is 0 Å². The van der Waals surface area contributed by atoms with Crippen molar-refractivity contribution in [3.8, 4) is 0 Å². The van der Waals surface area contributed by atoms with Crippen LogP contribution in [0.3, 0.4) is 0 Å². The van der Waals surface area contributed by atoms with Crippen molar-refractivity contribution >= 4 is 28.4 Å². The minimum Gasteiger partial charge on any atom is -0.351 e. The van der Waals surface area contributed by atoms with Crippen molar-refractivity contribution < 1.29 is 18.0 Å². The molecule has 2 aromatic heterocycles. The van der Waals surface area contributed by atoms with Gasteiger partial charge in [-0.3, -0.25) is 4.79 Å². The number of nitrogens with one attached hydrogen (secondary N) is 2. The van der Waals surface area contributed by atoms with Gasteiger partial charge < -0.3 is 14.9 Å². The van der Waals surface area contributed by atoms with Crippen molar-refractivity contribution in [3.05, 3.63) is 46.6 Å². The summed E-state index contributed by atoms with van der Waals surface area (Å²) in [5, 5.41) is 11.9. The third-order valence-electron chi connectivity index (χ3n) is 4.73. The molecule has 2 N–H and O–H groups in total. The van der Waals surface area contributed by atoms with Crippen LogP contribution in [0.1, 0.15) is 28.6 Å². The Hall–Kier alpha value is -2.55. The van der Waals surface area contributed by atoms with Crippen LogP contribution in [0.2, 0.25) is 5.02 Å². The number of alkyl halides is 3. The Bertz CT molecular complexity index is 1010. The number of hydrogen-bond donors (Lipinski definition) is 2. The molecule has 3 aromatic rings. The molecular weight excluding hydrogens is 383 g/mol. The fourth-order valence-corrected chi connectivity index (χ4v) is 3.46. The number of rotatable bonds is 3. The van der Waals surface area contributed by atoms with Gasteiger partial charge in [-0.15, -0.1) is 10.2 Å². The smallest absolute Gasteiger partial charge is 0.351 e. The fraction of sp³-hybridized carbons (Fsp3) is 0.353. The summed E-state index contributed by atoms with van der Waals surface area (Å²) in [5.74, 6) is -0.996. The third-order valence-corrected chi connectivity index (χ3v) is 4.97. The number of fused-ring (bicyclic) bond motifs is 2. The number of carbonyl (C=O) groups is 1. The molecule has 6 nitrogen and oxygen atoms in total. The lowest BCUT2D eigenvalue weighted by molar-refractivity contribution is -0.179. The molecule has 10 heteroatoms. The lowest BCUT2D eigenvalue weighted by Crippen LogP contribution is -2.32. The highest BCUT2D eigenvalue weighted by Gasteiger charge is 2.42. The van der Waals surface area contributed by atoms with Crippen LogP contribution in [0.15, 0.2) is 24.3 Å². The van der Waals surface area contributed by atoms with Gasteiger partial charge in [-0.25, -0.2) is 0 Å². The lowest BCUT2D eigenvalue weighted by atomic mass is 9.97. The molecule has 0 fully saturated rings. The van der Waals surface area contributed by atoms with Crippen LogP contribution in [0.4, 0.5) is 13.2 Å². The van der Waals surface area contributed by atoms with Crippen LogP contribution in [0.25, 0.3) is 10.9 Å². The topological polar surface area (TPSA) is 75.6 Å². The van der Waals surface area contributed by atoms with Crippen LogP contribution in [-0.4, -0.2) is 31.8 Å². The van der Waals surface area contributed by atoms with Gasteiger partial charge in [-0.1, -0.05) is 11.6 Å². The number of hydrogen-bond acceptors (Lipinski definition) is 3. The maximum absolute atomic E-state index is 12.9. The van der Waals surface area contributed by atoms with Gasteiger partial charge in [0.25, 0.3) is 5.91 Å². The summed E-state index contributed by atoms with van der Waals surface area (Å²) in [7, 11) is 0. The fourth-order valence-electron chi connectivity index (χ4n) is 3.28. The summed E-state index contributed by atoms with van der Waals surface area (Å²) in [5.41, 5.74) is 1.14. The number of amides is 1. The molecule has 1 aromatic carbocycles. The summed E-state index contributed by atoms with van der Waals surface area (Å²) >= 11 is 5.94. The highest BCUT2D eigenvalue weighted by atomic mass is 35.5. The molecule has 0 spiro atoms. The molecule has 0 unspecified atom stereocenters. The molecule has 1 aliphatic rings. The van der Waals surface area contributed by atoms with E-state index in [4.69, 9.17) is 11.6 Å². The minimum absolute atomic E-state index is 0.0156. The highest BCUT2D eigenvalue weighted by Crippen LogP contribution is 2.34. The molecule has 3 heterocycles. The second-order valence-electron chi connectivity index (χ2n) is 6.51. The van der Waals surface area contributed by atoms with Crippen molar-refractivity contribution in [1.82, 2.24) is 25.1 Å². The molecule has 142 valence electrons. The van der Waals surface area contributed by atoms with Crippen LogP contribution in [0.5, 0.6) is 0 Å². The predicted molar refractivity (Wildman–Crippen MR) is 92.4 cm³/mol. The first-order valence-corrected chi connectivity index (χ1v) is 8.73. The molecule has 0 radical (unpaired) electrons. The number of halogens is 4. The average Bonchev–Trinajstić information content (AvgIpc) is 3.21. The minimum atomic E-state index is -4.23. The quantitative estimate of drug-likeness (QED) is 0.710. The molecular formula is C17H15ClF3N5O. The molecule has 4 rings (SSSR count). The zero-order chi connectivity index (χ0) is 19.2. The van der Waals surface area contributed by atoms with Gasteiger partial charge in [0.1, 0.15) is 11.5 Å². The molecule has 1 amide bonds. The van der Waals surface area contributed by atoms with E-state index in [2.05, 4.69) is 20.5 Å². The Morgan fingerprint density at radius 2 is 2.15 bits per heavy atom. The van der Waals surface area contributed by atoms with Crippen molar-refractivity contribution in [2.24, 2.45) is 5.92 Å². The first kappa shape index (κ1) is 17.8. The SMILES string of the molecule is O=C(NCc1nnc2n1CC[C@@H](C(F)(F)F)C2)c1cc2cc(Cl)ccc2[nH]1. The van der Waals surface area contributed by atoms with E-state index >= 15 is 0 Å². The number of aromatic nitrogens is 4. The Balaban J connectivity index is 1.45. The van der Waals surface area contributed by atoms with Gasteiger partial charge in [-0.05, 0) is 30.7 Å². The van der Waals surface area contributed by atoms with Crippen LogP contribution in [0, 0.1) is 5.92 Å². The number of benzene rings is 1. The maximum Gasteiger partial charge on any atom is 0.392 e. The van der Waals surface area contributed by atoms with E-state index in [1.54, 1.807) is 28.8 Å². The molecule has 27 heavy (non-hydrogen) atoms. The molecule has 0 aliphatic carbocycles. The third kappa shape index (κ3) is 3.51. The van der Waals surface area contributed by atoms with Gasteiger partial charge >= 0.3 is 6.18 Å². The zero-order valence-corrected chi connectivity index (χ0v) is 14.7. The number of aromatic amines is 1. The maximum atomic E-state index is 12.9. The van der Waals surface area contributed by atoms with Crippen LogP contribution < -0.4 is 5.32 Å². The van der Waals surface area contributed by atoms with Crippen molar-refractivity contribution in [3.63, 3.8) is 0 Å². The van der Waals surface area contributed by atoms with Gasteiger partial charge in [0, 0.05) is 28.9 Å². The van der Waals surface area contributed by atoms with E-state index in [9.17, 15) is 18.0 Å². The first-order valence-electron chi connectivity index (χ1n) is 8.35. The highest BCUT2D eigenvalue weighted by molar-refractivity contribution is 6.31. The second kappa shape index (κ2) is 6.56. The van der Waals surface area contributed by atoms with E-state index in [1.807, 2.05) is 0 Å². The van der Waals surface area contributed by atoms with E-state index in [-0.39, 0.29) is 31.8 Å². The summed E-state index contributed by atoms with van der Waals surface area (Å²) in [6, 6.07) is 6.93. The van der Waals surface area contributed by atoms with Gasteiger partial charge in [-0.2, -0.15) is 13.2 Å². The van der Waals surface area contributed by atoms with E-state index in [0.29, 0.717) is 22.4 Å². The average molecular weight is 398 g/mol. The summed E-state index contributed by atoms with van der Waals surface area (Å²) in [4.78, 5) is 15.4. The molecule has 0 saturated carbocycles. The number of carbonyl (C=O) groups excluding carboxylic acids is 1. The van der Waals surface area contributed by atoms with Crippen LogP contribution in [-0.2, 0) is 19.5 Å². The van der Waals surface area contributed by atoms with Crippen LogP contribution >= 0.6 is 11.6 Å². The van der Waals surface area contributed by atoms with E-state index < -0.39 is 12.1 Å². The Morgan fingerprint density at radius 1 is 1.33 bits per heavy atom. The normalized spacial score (nSPS) is 17.1. The summed E-state index contributed by atoms with van der Waals surface area (Å²) in [6.07, 6.45) is -4.43. The van der Waals surface area contributed by atoms with Gasteiger partial charge in [0.2, 0.25) is 0 Å². The zero-order valence-electron chi connectivity index (χ0n) is 14.0. The van der Waals surface area contributed by atoms with Crippen molar-refractivity contribution in [1.29, 1.82) is 0 Å². The molecule has 0 saturated heterocycles. The van der Waals surface area contributed by atoms with Gasteiger partial charge in [0.15, 0.2) is 5.82 Å². The first-order chi connectivity index (χ1) is 12.8.